The number of nitrogens with zero attached hydrogens (tertiary/aromatic N) is 5. The second kappa shape index (κ2) is 8.73. The van der Waals surface area contributed by atoms with Crippen LogP contribution in [0.3, 0.4) is 0 Å². The lowest BCUT2D eigenvalue weighted by atomic mass is 10.2. The molecule has 1 aliphatic heterocycles. The summed E-state index contributed by atoms with van der Waals surface area (Å²) in [5.74, 6) is 1.52. The Bertz CT molecular complexity index is 1010. The summed E-state index contributed by atoms with van der Waals surface area (Å²) in [5.41, 5.74) is 1.33. The zero-order valence-corrected chi connectivity index (χ0v) is 16.6. The van der Waals surface area contributed by atoms with Crippen LogP contribution >= 0.6 is 0 Å². The molecule has 154 valence electrons. The predicted octanol–water partition coefficient (Wildman–Crippen LogP) is 1.52. The highest BCUT2D eigenvalue weighted by Crippen LogP contribution is 2.19. The van der Waals surface area contributed by atoms with E-state index in [9.17, 15) is 9.59 Å². The van der Waals surface area contributed by atoms with Crippen LogP contribution in [-0.4, -0.2) is 64.6 Å². The van der Waals surface area contributed by atoms with Crippen molar-refractivity contribution in [3.63, 3.8) is 0 Å². The molecule has 4 rings (SSSR count). The zero-order valence-electron chi connectivity index (χ0n) is 16.6. The molecular formula is C21H22N6O3. The normalized spacial score (nSPS) is 13.9. The first-order valence-electron chi connectivity index (χ1n) is 9.73. The minimum Gasteiger partial charge on any atom is -0.353 e. The Morgan fingerprint density at radius 1 is 1.07 bits per heavy atom. The quantitative estimate of drug-likeness (QED) is 0.685. The maximum absolute atomic E-state index is 12.4. The van der Waals surface area contributed by atoms with Crippen LogP contribution in [0, 0.1) is 6.92 Å². The van der Waals surface area contributed by atoms with Crippen molar-refractivity contribution in [3.8, 4) is 11.4 Å². The number of anilines is 1. The molecule has 9 nitrogen and oxygen atoms in total. The van der Waals surface area contributed by atoms with E-state index in [4.69, 9.17) is 4.52 Å². The molecule has 0 spiro atoms. The lowest BCUT2D eigenvalue weighted by molar-refractivity contribution is -0.130. The maximum Gasteiger partial charge on any atom is 0.251 e. The molecule has 0 aliphatic carbocycles. The largest absolute Gasteiger partial charge is 0.353 e. The smallest absolute Gasteiger partial charge is 0.251 e. The lowest BCUT2D eigenvalue weighted by Gasteiger charge is -2.35. The second-order valence-electron chi connectivity index (χ2n) is 6.96. The molecule has 1 saturated heterocycles. The average Bonchev–Trinajstić information content (AvgIpc) is 3.24. The van der Waals surface area contributed by atoms with Crippen LogP contribution < -0.4 is 10.2 Å². The number of aromatic nitrogens is 3. The first kappa shape index (κ1) is 19.6. The molecular weight excluding hydrogens is 384 g/mol. The molecule has 0 saturated carbocycles. The second-order valence-corrected chi connectivity index (χ2v) is 6.96. The van der Waals surface area contributed by atoms with E-state index in [1.165, 1.54) is 0 Å². The highest BCUT2D eigenvalue weighted by Gasteiger charge is 2.22. The monoisotopic (exact) mass is 406 g/mol. The number of hydrogen-bond acceptors (Lipinski definition) is 7. The summed E-state index contributed by atoms with van der Waals surface area (Å²) in [4.78, 5) is 37.1. The third-order valence-corrected chi connectivity index (χ3v) is 4.93. The third-order valence-electron chi connectivity index (χ3n) is 4.93. The van der Waals surface area contributed by atoms with E-state index >= 15 is 0 Å². The van der Waals surface area contributed by atoms with Crippen molar-refractivity contribution in [2.45, 2.75) is 6.92 Å². The zero-order chi connectivity index (χ0) is 20.9. The number of piperazine rings is 1. The molecule has 3 heterocycles. The van der Waals surface area contributed by atoms with E-state index in [2.05, 4.69) is 25.3 Å². The van der Waals surface area contributed by atoms with Gasteiger partial charge in [-0.15, -0.1) is 0 Å². The summed E-state index contributed by atoms with van der Waals surface area (Å²) in [6, 6.07) is 12.7. The number of benzene rings is 1. The number of hydrogen-bond donors (Lipinski definition) is 1. The van der Waals surface area contributed by atoms with Crippen molar-refractivity contribution in [1.29, 1.82) is 0 Å². The van der Waals surface area contributed by atoms with Crippen LogP contribution in [0.4, 0.5) is 5.82 Å². The van der Waals surface area contributed by atoms with E-state index < -0.39 is 0 Å². The molecule has 9 heteroatoms. The molecule has 1 aliphatic rings. The van der Waals surface area contributed by atoms with Gasteiger partial charge in [-0.3, -0.25) is 9.59 Å². The van der Waals surface area contributed by atoms with Crippen molar-refractivity contribution in [2.24, 2.45) is 0 Å². The van der Waals surface area contributed by atoms with E-state index in [-0.39, 0.29) is 18.4 Å². The number of carbonyl (C=O) groups is 2. The summed E-state index contributed by atoms with van der Waals surface area (Å²) in [5, 5.41) is 6.58. The van der Waals surface area contributed by atoms with Crippen LogP contribution in [0.5, 0.6) is 0 Å². The fourth-order valence-electron chi connectivity index (χ4n) is 3.27. The Morgan fingerprint density at radius 3 is 2.47 bits per heavy atom. The molecule has 2 aromatic heterocycles. The molecule has 1 N–H and O–H groups in total. The van der Waals surface area contributed by atoms with Gasteiger partial charge >= 0.3 is 0 Å². The van der Waals surface area contributed by atoms with Crippen molar-refractivity contribution in [2.75, 3.05) is 37.6 Å². The molecule has 0 bridgehead atoms. The van der Waals surface area contributed by atoms with Crippen molar-refractivity contribution in [1.82, 2.24) is 25.3 Å². The van der Waals surface area contributed by atoms with Crippen LogP contribution in [0.1, 0.15) is 16.2 Å². The van der Waals surface area contributed by atoms with Crippen LogP contribution in [0.25, 0.3) is 11.4 Å². The van der Waals surface area contributed by atoms with E-state index in [0.29, 0.717) is 43.5 Å². The van der Waals surface area contributed by atoms with Gasteiger partial charge in [-0.05, 0) is 24.3 Å². The summed E-state index contributed by atoms with van der Waals surface area (Å²) in [6.07, 6.45) is 1.72. The first-order valence-corrected chi connectivity index (χ1v) is 9.73. The molecule has 3 aromatic rings. The minimum absolute atomic E-state index is 0.00914. The number of aryl methyl sites for hydroxylation is 1. The van der Waals surface area contributed by atoms with Gasteiger partial charge in [0.2, 0.25) is 17.6 Å². The molecule has 30 heavy (non-hydrogen) atoms. The Hall–Kier alpha value is -3.75. The molecule has 0 unspecified atom stereocenters. The van der Waals surface area contributed by atoms with Crippen LogP contribution in [0.15, 0.2) is 53.2 Å². The molecule has 2 amide bonds. The maximum atomic E-state index is 12.4. The van der Waals surface area contributed by atoms with Gasteiger partial charge in [0, 0.05) is 50.4 Å². The Balaban J connectivity index is 1.27. The summed E-state index contributed by atoms with van der Waals surface area (Å²) in [7, 11) is 0. The fourth-order valence-corrected chi connectivity index (χ4v) is 3.27. The molecule has 1 aromatic carbocycles. The van der Waals surface area contributed by atoms with E-state index in [1.807, 2.05) is 18.2 Å². The first-order chi connectivity index (χ1) is 14.6. The van der Waals surface area contributed by atoms with Gasteiger partial charge in [0.1, 0.15) is 5.82 Å². The Kier molecular flexibility index (Phi) is 5.69. The SMILES string of the molecule is Cc1nc(-c2ccc(N3CCN(C(=O)CNC(=O)c4ccccc4)CC3)nc2)no1. The van der Waals surface area contributed by atoms with Crippen LogP contribution in [-0.2, 0) is 4.79 Å². The molecule has 0 radical (unpaired) electrons. The Labute approximate surface area is 173 Å². The predicted molar refractivity (Wildman–Crippen MR) is 110 cm³/mol. The van der Waals surface area contributed by atoms with E-state index in [0.717, 1.165) is 11.4 Å². The van der Waals surface area contributed by atoms with Gasteiger partial charge in [0.25, 0.3) is 5.91 Å². The highest BCUT2D eigenvalue weighted by atomic mass is 16.5. The summed E-state index contributed by atoms with van der Waals surface area (Å²) in [6.45, 7) is 4.23. The fraction of sp³-hybridized carbons (Fsp3) is 0.286. The van der Waals surface area contributed by atoms with Gasteiger partial charge in [-0.1, -0.05) is 23.4 Å². The lowest BCUT2D eigenvalue weighted by Crippen LogP contribution is -2.51. The Morgan fingerprint density at radius 2 is 1.83 bits per heavy atom. The third kappa shape index (κ3) is 4.45. The van der Waals surface area contributed by atoms with Crippen LogP contribution in [0.2, 0.25) is 0 Å². The topological polar surface area (TPSA) is 104 Å². The highest BCUT2D eigenvalue weighted by molar-refractivity contribution is 5.96. The average molecular weight is 406 g/mol. The van der Waals surface area contributed by atoms with Gasteiger partial charge < -0.3 is 19.6 Å². The van der Waals surface area contributed by atoms with Crippen molar-refractivity contribution < 1.29 is 14.1 Å². The molecule has 0 atom stereocenters. The number of carbonyl (C=O) groups excluding carboxylic acids is 2. The van der Waals surface area contributed by atoms with Gasteiger partial charge in [-0.25, -0.2) is 4.98 Å². The van der Waals surface area contributed by atoms with Gasteiger partial charge in [0.15, 0.2) is 0 Å². The van der Waals surface area contributed by atoms with Crippen molar-refractivity contribution in [3.05, 3.63) is 60.1 Å². The molecule has 1 fully saturated rings. The number of rotatable bonds is 5. The number of amides is 2. The standard InChI is InChI=1S/C21H22N6O3/c1-15-24-20(25-30-15)17-7-8-18(22-13-17)26-9-11-27(12-10-26)19(28)14-23-21(29)16-5-3-2-4-6-16/h2-8,13H,9-12,14H2,1H3,(H,23,29). The van der Waals surface area contributed by atoms with Crippen molar-refractivity contribution >= 4 is 17.6 Å². The van der Waals surface area contributed by atoms with Gasteiger partial charge in [-0.2, -0.15) is 4.98 Å². The summed E-state index contributed by atoms with van der Waals surface area (Å²) < 4.78 is 5.00. The summed E-state index contributed by atoms with van der Waals surface area (Å²) >= 11 is 0. The number of nitrogens with one attached hydrogen (secondary N) is 1. The number of pyridine rings is 1. The minimum atomic E-state index is -0.247. The van der Waals surface area contributed by atoms with Gasteiger partial charge in [0.05, 0.1) is 6.54 Å². The van der Waals surface area contributed by atoms with E-state index in [1.54, 1.807) is 42.3 Å².